The molecule has 0 aromatic heterocycles. The number of nitrogens with two attached hydrogens (primary N) is 2. The molecule has 2 aliphatic carbocycles. The van der Waals surface area contributed by atoms with Gasteiger partial charge in [0.15, 0.2) is 0 Å². The first kappa shape index (κ1) is 11.4. The van der Waals surface area contributed by atoms with E-state index in [0.717, 1.165) is 12.5 Å². The fourth-order valence-electron chi connectivity index (χ4n) is 3.13. The average molecular weight is 211 g/mol. The van der Waals surface area contributed by atoms with Crippen molar-refractivity contribution in [1.29, 1.82) is 0 Å². The van der Waals surface area contributed by atoms with Crippen LogP contribution in [0.3, 0.4) is 0 Å². The molecule has 2 rings (SSSR count). The van der Waals surface area contributed by atoms with Gasteiger partial charge in [-0.2, -0.15) is 0 Å². The summed E-state index contributed by atoms with van der Waals surface area (Å²) in [7, 11) is 0. The molecule has 5 N–H and O–H groups in total. The van der Waals surface area contributed by atoms with Crippen LogP contribution in [0.15, 0.2) is 0 Å². The fraction of sp³-hybridized carbons (Fsp3) is 1.00. The largest absolute Gasteiger partial charge is 0.330 e. The van der Waals surface area contributed by atoms with Crippen LogP contribution in [0.5, 0.6) is 0 Å². The average Bonchev–Trinajstić information content (AvgIpc) is 2.69. The standard InChI is InChI=1S/C12H25N3/c13-8-9-2-1-3-12(9)15-11-6-4-10(14)5-7-11/h9-12,15H,1-8,13-14H2. The lowest BCUT2D eigenvalue weighted by Crippen LogP contribution is -2.45. The van der Waals surface area contributed by atoms with E-state index >= 15 is 0 Å². The number of rotatable bonds is 3. The first-order valence-electron chi connectivity index (χ1n) is 6.51. The third-order valence-corrected chi connectivity index (χ3v) is 4.18. The molecular formula is C12H25N3. The predicted octanol–water partition coefficient (Wildman–Crippen LogP) is 0.973. The molecule has 0 amide bonds. The molecule has 0 aliphatic heterocycles. The van der Waals surface area contributed by atoms with E-state index in [2.05, 4.69) is 5.32 Å². The second-order valence-electron chi connectivity index (χ2n) is 5.31. The lowest BCUT2D eigenvalue weighted by Gasteiger charge is -2.31. The summed E-state index contributed by atoms with van der Waals surface area (Å²) in [4.78, 5) is 0. The molecule has 2 fully saturated rings. The van der Waals surface area contributed by atoms with Crippen LogP contribution < -0.4 is 16.8 Å². The molecule has 2 saturated carbocycles. The van der Waals surface area contributed by atoms with Crippen molar-refractivity contribution in [2.24, 2.45) is 17.4 Å². The van der Waals surface area contributed by atoms with Crippen molar-refractivity contribution < 1.29 is 0 Å². The van der Waals surface area contributed by atoms with Gasteiger partial charge in [0.25, 0.3) is 0 Å². The number of hydrogen-bond acceptors (Lipinski definition) is 3. The summed E-state index contributed by atoms with van der Waals surface area (Å²) >= 11 is 0. The van der Waals surface area contributed by atoms with Gasteiger partial charge in [0.05, 0.1) is 0 Å². The first-order valence-corrected chi connectivity index (χ1v) is 6.51. The van der Waals surface area contributed by atoms with Crippen LogP contribution in [0, 0.1) is 5.92 Å². The van der Waals surface area contributed by atoms with Crippen LogP contribution >= 0.6 is 0 Å². The van der Waals surface area contributed by atoms with Gasteiger partial charge < -0.3 is 16.8 Å². The monoisotopic (exact) mass is 211 g/mol. The summed E-state index contributed by atoms with van der Waals surface area (Å²) in [6, 6.07) is 1.85. The molecule has 0 spiro atoms. The van der Waals surface area contributed by atoms with Crippen molar-refractivity contribution in [1.82, 2.24) is 5.32 Å². The topological polar surface area (TPSA) is 64.1 Å². The molecule has 0 heterocycles. The van der Waals surface area contributed by atoms with E-state index in [0.29, 0.717) is 18.1 Å². The molecule has 0 saturated heterocycles. The highest BCUT2D eigenvalue weighted by molar-refractivity contribution is 4.88. The highest BCUT2D eigenvalue weighted by Gasteiger charge is 2.29. The maximum Gasteiger partial charge on any atom is 0.0110 e. The van der Waals surface area contributed by atoms with Gasteiger partial charge in [0.2, 0.25) is 0 Å². The van der Waals surface area contributed by atoms with Crippen molar-refractivity contribution in [2.75, 3.05) is 6.54 Å². The molecule has 0 bridgehead atoms. The molecule has 0 aromatic rings. The Balaban J connectivity index is 1.76. The summed E-state index contributed by atoms with van der Waals surface area (Å²) in [5.74, 6) is 0.723. The summed E-state index contributed by atoms with van der Waals surface area (Å²) in [6.07, 6.45) is 8.90. The van der Waals surface area contributed by atoms with Gasteiger partial charge in [-0.3, -0.25) is 0 Å². The van der Waals surface area contributed by atoms with Gasteiger partial charge >= 0.3 is 0 Å². The molecule has 88 valence electrons. The summed E-state index contributed by atoms with van der Waals surface area (Å²) in [6.45, 7) is 0.851. The second kappa shape index (κ2) is 5.28. The van der Waals surface area contributed by atoms with E-state index in [1.807, 2.05) is 0 Å². The zero-order valence-electron chi connectivity index (χ0n) is 9.62. The lowest BCUT2D eigenvalue weighted by molar-refractivity contribution is 0.288. The van der Waals surface area contributed by atoms with Gasteiger partial charge in [-0.05, 0) is 51.0 Å². The van der Waals surface area contributed by atoms with Crippen LogP contribution in [-0.2, 0) is 0 Å². The maximum absolute atomic E-state index is 5.91. The highest BCUT2D eigenvalue weighted by Crippen LogP contribution is 2.27. The summed E-state index contributed by atoms with van der Waals surface area (Å²) < 4.78 is 0. The lowest BCUT2D eigenvalue weighted by atomic mass is 9.90. The third kappa shape index (κ3) is 2.92. The molecule has 3 nitrogen and oxygen atoms in total. The Bertz CT molecular complexity index is 187. The summed E-state index contributed by atoms with van der Waals surface area (Å²) in [5, 5.41) is 3.80. The van der Waals surface area contributed by atoms with Crippen LogP contribution in [0.4, 0.5) is 0 Å². The van der Waals surface area contributed by atoms with Crippen molar-refractivity contribution in [3.05, 3.63) is 0 Å². The van der Waals surface area contributed by atoms with Gasteiger partial charge in [0, 0.05) is 18.1 Å². The molecule has 0 aromatic carbocycles. The molecule has 2 unspecified atom stereocenters. The maximum atomic E-state index is 5.91. The van der Waals surface area contributed by atoms with Crippen molar-refractivity contribution in [2.45, 2.75) is 63.1 Å². The van der Waals surface area contributed by atoms with Crippen LogP contribution in [0.2, 0.25) is 0 Å². The third-order valence-electron chi connectivity index (χ3n) is 4.18. The normalized spacial score (nSPS) is 42.0. The number of nitrogens with one attached hydrogen (secondary N) is 1. The zero-order valence-corrected chi connectivity index (χ0v) is 9.62. The van der Waals surface area contributed by atoms with E-state index in [-0.39, 0.29) is 0 Å². The minimum atomic E-state index is 0.455. The van der Waals surface area contributed by atoms with Crippen molar-refractivity contribution >= 4 is 0 Å². The molecule has 2 atom stereocenters. The Hall–Kier alpha value is -0.120. The minimum Gasteiger partial charge on any atom is -0.330 e. The Labute approximate surface area is 93.0 Å². The van der Waals surface area contributed by atoms with Crippen LogP contribution in [-0.4, -0.2) is 24.7 Å². The van der Waals surface area contributed by atoms with Gasteiger partial charge in [-0.25, -0.2) is 0 Å². The van der Waals surface area contributed by atoms with E-state index in [4.69, 9.17) is 11.5 Å². The molecule has 2 aliphatic rings. The van der Waals surface area contributed by atoms with E-state index in [1.54, 1.807) is 0 Å². The second-order valence-corrected chi connectivity index (χ2v) is 5.31. The first-order chi connectivity index (χ1) is 7.29. The van der Waals surface area contributed by atoms with Crippen molar-refractivity contribution in [3.8, 4) is 0 Å². The van der Waals surface area contributed by atoms with E-state index in [9.17, 15) is 0 Å². The smallest absolute Gasteiger partial charge is 0.0110 e. The Morgan fingerprint density at radius 3 is 2.40 bits per heavy atom. The van der Waals surface area contributed by atoms with Crippen LogP contribution in [0.1, 0.15) is 44.9 Å². The fourth-order valence-corrected chi connectivity index (χ4v) is 3.13. The van der Waals surface area contributed by atoms with E-state index in [1.165, 1.54) is 44.9 Å². The molecule has 3 heteroatoms. The summed E-state index contributed by atoms with van der Waals surface area (Å²) in [5.41, 5.74) is 11.7. The Morgan fingerprint density at radius 1 is 1.00 bits per heavy atom. The SMILES string of the molecule is NCC1CCCC1NC1CCC(N)CC1. The predicted molar refractivity (Wildman–Crippen MR) is 63.6 cm³/mol. The van der Waals surface area contributed by atoms with Crippen molar-refractivity contribution in [3.63, 3.8) is 0 Å². The zero-order chi connectivity index (χ0) is 10.7. The molecular weight excluding hydrogens is 186 g/mol. The van der Waals surface area contributed by atoms with Gasteiger partial charge in [-0.1, -0.05) is 6.42 Å². The molecule has 15 heavy (non-hydrogen) atoms. The van der Waals surface area contributed by atoms with E-state index < -0.39 is 0 Å². The quantitative estimate of drug-likeness (QED) is 0.652. The van der Waals surface area contributed by atoms with Gasteiger partial charge in [-0.15, -0.1) is 0 Å². The number of hydrogen-bond donors (Lipinski definition) is 3. The van der Waals surface area contributed by atoms with Gasteiger partial charge in [0.1, 0.15) is 0 Å². The Kier molecular flexibility index (Phi) is 4.00. The highest BCUT2D eigenvalue weighted by atomic mass is 15.0. The minimum absolute atomic E-state index is 0.455. The van der Waals surface area contributed by atoms with Crippen LogP contribution in [0.25, 0.3) is 0 Å². The Morgan fingerprint density at radius 2 is 1.73 bits per heavy atom. The molecule has 0 radical (unpaired) electrons.